The maximum atomic E-state index is 13.1. The fourth-order valence-corrected chi connectivity index (χ4v) is 4.40. The molecule has 32 heavy (non-hydrogen) atoms. The largest absolute Gasteiger partial charge is 0.482 e. The number of benzene rings is 2. The Labute approximate surface area is 191 Å². The second kappa shape index (κ2) is 9.93. The summed E-state index contributed by atoms with van der Waals surface area (Å²) in [4.78, 5) is 33.7. The molecule has 0 aliphatic carbocycles. The van der Waals surface area contributed by atoms with Gasteiger partial charge >= 0.3 is 0 Å². The molecule has 166 valence electrons. The number of hydrogen-bond donors (Lipinski definition) is 0. The number of nitrogens with zero attached hydrogens (tertiary/aromatic N) is 3. The highest BCUT2D eigenvalue weighted by Crippen LogP contribution is 2.36. The third-order valence-electron chi connectivity index (χ3n) is 5.25. The van der Waals surface area contributed by atoms with Gasteiger partial charge in [0, 0.05) is 36.7 Å². The molecule has 0 radical (unpaired) electrons. The van der Waals surface area contributed by atoms with Gasteiger partial charge in [-0.2, -0.15) is 0 Å². The highest BCUT2D eigenvalue weighted by molar-refractivity contribution is 7.09. The summed E-state index contributed by atoms with van der Waals surface area (Å²) in [6.07, 6.45) is 0.751. The molecule has 0 saturated heterocycles. The van der Waals surface area contributed by atoms with Crippen LogP contribution in [0.5, 0.6) is 5.75 Å². The van der Waals surface area contributed by atoms with Gasteiger partial charge in [-0.3, -0.25) is 14.5 Å². The van der Waals surface area contributed by atoms with Crippen molar-refractivity contribution in [3.8, 4) is 17.0 Å². The number of para-hydroxylation sites is 1. The van der Waals surface area contributed by atoms with Crippen molar-refractivity contribution in [2.45, 2.75) is 13.3 Å². The van der Waals surface area contributed by atoms with Gasteiger partial charge in [0.2, 0.25) is 5.91 Å². The molecule has 1 aliphatic heterocycles. The minimum Gasteiger partial charge on any atom is -0.482 e. The highest BCUT2D eigenvalue weighted by atomic mass is 32.1. The van der Waals surface area contributed by atoms with Crippen molar-refractivity contribution in [2.75, 3.05) is 43.2 Å². The normalized spacial score (nSPS) is 12.9. The van der Waals surface area contributed by atoms with Crippen molar-refractivity contribution in [1.82, 2.24) is 4.98 Å². The SMILES string of the molecule is CCN(C(=O)CN1C(=O)COc2ccc(-c3csc(CCOC)n3)cc21)c1ccccc1. The highest BCUT2D eigenvalue weighted by Gasteiger charge is 2.29. The second-order valence-electron chi connectivity index (χ2n) is 7.29. The first kappa shape index (κ1) is 22.0. The van der Waals surface area contributed by atoms with Crippen LogP contribution in [0.25, 0.3) is 11.3 Å². The van der Waals surface area contributed by atoms with E-state index in [2.05, 4.69) is 4.98 Å². The van der Waals surface area contributed by atoms with E-state index < -0.39 is 0 Å². The van der Waals surface area contributed by atoms with E-state index >= 15 is 0 Å². The summed E-state index contributed by atoms with van der Waals surface area (Å²) in [5.41, 5.74) is 3.09. The summed E-state index contributed by atoms with van der Waals surface area (Å²) in [6.45, 7) is 2.90. The minimum atomic E-state index is -0.244. The van der Waals surface area contributed by atoms with Crippen molar-refractivity contribution in [1.29, 1.82) is 0 Å². The number of aromatic nitrogens is 1. The summed E-state index contributed by atoms with van der Waals surface area (Å²) in [7, 11) is 1.67. The van der Waals surface area contributed by atoms with Crippen LogP contribution in [0, 0.1) is 0 Å². The minimum absolute atomic E-state index is 0.0580. The van der Waals surface area contributed by atoms with Crippen molar-refractivity contribution in [2.24, 2.45) is 0 Å². The summed E-state index contributed by atoms with van der Waals surface area (Å²) in [6, 6.07) is 15.1. The lowest BCUT2D eigenvalue weighted by molar-refractivity contribution is -0.124. The first-order chi connectivity index (χ1) is 15.6. The Morgan fingerprint density at radius 3 is 2.81 bits per heavy atom. The standard InChI is InChI=1S/C24H25N3O4S/c1-3-26(18-7-5-4-6-8-18)23(28)14-27-20-13-17(9-10-21(20)31-15-24(27)29)19-16-32-22(25-19)11-12-30-2/h4-10,13,16H,3,11-12,14-15H2,1-2H3. The van der Waals surface area contributed by atoms with Crippen molar-refractivity contribution >= 4 is 34.5 Å². The van der Waals surface area contributed by atoms with Crippen molar-refractivity contribution < 1.29 is 19.1 Å². The molecule has 0 fully saturated rings. The topological polar surface area (TPSA) is 72.0 Å². The summed E-state index contributed by atoms with van der Waals surface area (Å²) >= 11 is 1.57. The zero-order chi connectivity index (χ0) is 22.5. The van der Waals surface area contributed by atoms with E-state index in [0.29, 0.717) is 24.6 Å². The molecule has 0 N–H and O–H groups in total. The summed E-state index contributed by atoms with van der Waals surface area (Å²) in [5.74, 6) is 0.186. The van der Waals surface area contributed by atoms with Crippen LogP contribution in [0.2, 0.25) is 0 Å². The monoisotopic (exact) mass is 451 g/mol. The van der Waals surface area contributed by atoms with Gasteiger partial charge in [0.1, 0.15) is 12.3 Å². The summed E-state index contributed by atoms with van der Waals surface area (Å²) in [5, 5.41) is 2.97. The molecule has 0 spiro atoms. The Kier molecular flexibility index (Phi) is 6.82. The molecule has 4 rings (SSSR count). The van der Waals surface area contributed by atoms with Gasteiger partial charge in [-0.25, -0.2) is 4.98 Å². The van der Waals surface area contributed by atoms with Crippen LogP contribution in [0.3, 0.4) is 0 Å². The molecule has 0 saturated carbocycles. The van der Waals surface area contributed by atoms with Gasteiger partial charge in [-0.1, -0.05) is 18.2 Å². The lowest BCUT2D eigenvalue weighted by atomic mass is 10.1. The van der Waals surface area contributed by atoms with Crippen LogP contribution in [-0.2, 0) is 20.7 Å². The number of fused-ring (bicyclic) bond motifs is 1. The summed E-state index contributed by atoms with van der Waals surface area (Å²) < 4.78 is 10.7. The van der Waals surface area contributed by atoms with Crippen LogP contribution in [0.15, 0.2) is 53.9 Å². The van der Waals surface area contributed by atoms with Crippen LogP contribution >= 0.6 is 11.3 Å². The molecule has 3 aromatic rings. The van der Waals surface area contributed by atoms with E-state index in [1.807, 2.05) is 60.8 Å². The number of rotatable bonds is 8. The Hall–Kier alpha value is -3.23. The van der Waals surface area contributed by atoms with E-state index in [4.69, 9.17) is 9.47 Å². The zero-order valence-electron chi connectivity index (χ0n) is 18.1. The average molecular weight is 452 g/mol. The van der Waals surface area contributed by atoms with Crippen LogP contribution in [-0.4, -0.2) is 50.2 Å². The number of carbonyl (C=O) groups is 2. The third-order valence-corrected chi connectivity index (χ3v) is 6.16. The smallest absolute Gasteiger partial charge is 0.265 e. The lowest BCUT2D eigenvalue weighted by Crippen LogP contribution is -2.46. The van der Waals surface area contributed by atoms with E-state index in [0.717, 1.165) is 28.4 Å². The maximum absolute atomic E-state index is 13.1. The van der Waals surface area contributed by atoms with E-state index in [1.165, 1.54) is 4.90 Å². The van der Waals surface area contributed by atoms with Crippen molar-refractivity contribution in [3.05, 3.63) is 58.9 Å². The number of methoxy groups -OCH3 is 1. The first-order valence-electron chi connectivity index (χ1n) is 10.5. The fourth-order valence-electron chi connectivity index (χ4n) is 3.61. The Morgan fingerprint density at radius 2 is 2.06 bits per heavy atom. The Balaban J connectivity index is 1.59. The van der Waals surface area contributed by atoms with Gasteiger partial charge in [0.05, 0.1) is 23.0 Å². The van der Waals surface area contributed by atoms with E-state index in [1.54, 1.807) is 23.3 Å². The van der Waals surface area contributed by atoms with Crippen LogP contribution in [0.4, 0.5) is 11.4 Å². The number of thiazole rings is 1. The fraction of sp³-hybridized carbons (Fsp3) is 0.292. The van der Waals surface area contributed by atoms with Crippen LogP contribution in [0.1, 0.15) is 11.9 Å². The number of likely N-dealkylation sites (N-methyl/N-ethyl adjacent to an activating group) is 1. The molecule has 2 heterocycles. The Morgan fingerprint density at radius 1 is 1.25 bits per heavy atom. The first-order valence-corrected chi connectivity index (χ1v) is 11.3. The van der Waals surface area contributed by atoms with Gasteiger partial charge in [0.25, 0.3) is 5.91 Å². The number of amides is 2. The number of carbonyl (C=O) groups excluding carboxylic acids is 2. The number of ether oxygens (including phenoxy) is 2. The third kappa shape index (κ3) is 4.66. The molecule has 8 heteroatoms. The second-order valence-corrected chi connectivity index (χ2v) is 8.24. The molecule has 0 atom stereocenters. The zero-order valence-corrected chi connectivity index (χ0v) is 18.9. The van der Waals surface area contributed by atoms with Crippen LogP contribution < -0.4 is 14.5 Å². The lowest BCUT2D eigenvalue weighted by Gasteiger charge is -2.31. The number of hydrogen-bond acceptors (Lipinski definition) is 6. The predicted octanol–water partition coefficient (Wildman–Crippen LogP) is 3.78. The quantitative estimate of drug-likeness (QED) is 0.521. The molecule has 1 aromatic heterocycles. The molecular formula is C24H25N3O4S. The molecular weight excluding hydrogens is 426 g/mol. The molecule has 7 nitrogen and oxygen atoms in total. The van der Waals surface area contributed by atoms with Gasteiger partial charge in [0.15, 0.2) is 6.61 Å². The van der Waals surface area contributed by atoms with Gasteiger partial charge in [-0.05, 0) is 37.3 Å². The maximum Gasteiger partial charge on any atom is 0.265 e. The predicted molar refractivity (Wildman–Crippen MR) is 125 cm³/mol. The molecule has 2 aromatic carbocycles. The molecule has 0 bridgehead atoms. The molecule has 1 aliphatic rings. The molecule has 2 amide bonds. The number of anilines is 2. The van der Waals surface area contributed by atoms with E-state index in [9.17, 15) is 9.59 Å². The average Bonchev–Trinajstić information content (AvgIpc) is 3.29. The van der Waals surface area contributed by atoms with Gasteiger partial charge in [-0.15, -0.1) is 11.3 Å². The van der Waals surface area contributed by atoms with Gasteiger partial charge < -0.3 is 14.4 Å². The molecule has 0 unspecified atom stereocenters. The van der Waals surface area contributed by atoms with Crippen molar-refractivity contribution in [3.63, 3.8) is 0 Å². The Bertz CT molecular complexity index is 1100. The van der Waals surface area contributed by atoms with E-state index in [-0.39, 0.29) is 25.0 Å².